The molecular weight excluding hydrogens is 300 g/mol. The molecule has 0 bridgehead atoms. The Morgan fingerprint density at radius 1 is 1.32 bits per heavy atom. The van der Waals surface area contributed by atoms with E-state index in [0.717, 1.165) is 16.9 Å². The maximum absolute atomic E-state index is 6.91. The Kier molecular flexibility index (Phi) is 5.38. The summed E-state index contributed by atoms with van der Waals surface area (Å²) in [5.74, 6) is 6.97. The van der Waals surface area contributed by atoms with Crippen LogP contribution in [0.15, 0.2) is 30.5 Å². The van der Waals surface area contributed by atoms with Crippen LogP contribution in [-0.4, -0.2) is 18.9 Å². The predicted molar refractivity (Wildman–Crippen MR) is 85.2 cm³/mol. The Morgan fingerprint density at radius 3 is 2.77 bits per heavy atom. The quantitative estimate of drug-likeness (QED) is 0.488. The smallest absolute Gasteiger partial charge is 0.288 e. The molecule has 0 unspecified atom stereocenters. The Hall–Kier alpha value is -2.53. The molecule has 0 aliphatic heterocycles. The molecule has 4 nitrogen and oxygen atoms in total. The van der Waals surface area contributed by atoms with Crippen LogP contribution >= 0.6 is 11.6 Å². The first-order chi connectivity index (χ1) is 10.6. The second-order valence-electron chi connectivity index (χ2n) is 4.42. The van der Waals surface area contributed by atoms with E-state index >= 15 is 0 Å². The molecular formula is C17H13ClN2O2. The third kappa shape index (κ3) is 3.99. The molecule has 1 aromatic heterocycles. The van der Waals surface area contributed by atoms with Crippen LogP contribution in [0, 0.1) is 25.3 Å². The fourth-order valence-electron chi connectivity index (χ4n) is 1.71. The summed E-state index contributed by atoms with van der Waals surface area (Å²) in [5, 5.41) is 0.307. The average Bonchev–Trinajstić information content (AvgIpc) is 2.52. The molecule has 0 saturated carbocycles. The number of ether oxygens (including phenoxy) is 2. The van der Waals surface area contributed by atoms with Gasteiger partial charge in [-0.2, -0.15) is 0 Å². The minimum Gasteiger partial charge on any atom is -0.468 e. The molecule has 5 heteroatoms. The Balaban J connectivity index is 2.21. The van der Waals surface area contributed by atoms with Gasteiger partial charge < -0.3 is 14.3 Å². The first-order valence-electron chi connectivity index (χ1n) is 6.41. The van der Waals surface area contributed by atoms with Crippen LogP contribution in [0.2, 0.25) is 5.02 Å². The Labute approximate surface area is 134 Å². The van der Waals surface area contributed by atoms with Crippen LogP contribution in [0.3, 0.4) is 0 Å². The van der Waals surface area contributed by atoms with Crippen LogP contribution in [0.1, 0.15) is 16.7 Å². The van der Waals surface area contributed by atoms with Gasteiger partial charge in [-0.3, -0.25) is 0 Å². The molecule has 0 atom stereocenters. The molecule has 0 aliphatic carbocycles. The van der Waals surface area contributed by atoms with Gasteiger partial charge in [0, 0.05) is 12.7 Å². The number of methoxy groups -OCH3 is 1. The summed E-state index contributed by atoms with van der Waals surface area (Å²) in [4.78, 5) is 7.17. The highest BCUT2D eigenvalue weighted by molar-refractivity contribution is 6.33. The van der Waals surface area contributed by atoms with E-state index in [1.54, 1.807) is 13.2 Å². The molecule has 0 spiro atoms. The molecule has 0 fully saturated rings. The maximum atomic E-state index is 6.91. The van der Waals surface area contributed by atoms with E-state index in [2.05, 4.69) is 21.7 Å². The van der Waals surface area contributed by atoms with E-state index in [-0.39, 0.29) is 12.6 Å². The lowest BCUT2D eigenvalue weighted by Crippen LogP contribution is -1.99. The van der Waals surface area contributed by atoms with E-state index in [0.29, 0.717) is 10.6 Å². The van der Waals surface area contributed by atoms with Crippen molar-refractivity contribution in [2.75, 3.05) is 13.9 Å². The van der Waals surface area contributed by atoms with Crippen molar-refractivity contribution in [2.45, 2.75) is 6.92 Å². The van der Waals surface area contributed by atoms with E-state index in [9.17, 15) is 0 Å². The van der Waals surface area contributed by atoms with Crippen molar-refractivity contribution < 1.29 is 9.47 Å². The zero-order chi connectivity index (χ0) is 15.9. The summed E-state index contributed by atoms with van der Waals surface area (Å²) < 4.78 is 10.2. The molecule has 0 amide bonds. The number of rotatable bonds is 3. The van der Waals surface area contributed by atoms with Gasteiger partial charge >= 0.3 is 0 Å². The first kappa shape index (κ1) is 15.9. The first-order valence-corrected chi connectivity index (χ1v) is 6.79. The number of nitrogens with zero attached hydrogens (tertiary/aromatic N) is 2. The maximum Gasteiger partial charge on any atom is 0.288 e. The van der Waals surface area contributed by atoms with Crippen molar-refractivity contribution in [2.24, 2.45) is 0 Å². The number of hydrogen-bond acceptors (Lipinski definition) is 3. The zero-order valence-corrected chi connectivity index (χ0v) is 12.9. The normalized spacial score (nSPS) is 9.55. The van der Waals surface area contributed by atoms with Crippen LogP contribution in [0.25, 0.3) is 4.85 Å². The van der Waals surface area contributed by atoms with Gasteiger partial charge in [0.05, 0.1) is 10.6 Å². The molecule has 0 aliphatic rings. The fraction of sp³-hybridized carbons (Fsp3) is 0.176. The van der Waals surface area contributed by atoms with Crippen LogP contribution in [0.5, 0.6) is 5.75 Å². The summed E-state index contributed by atoms with van der Waals surface area (Å²) in [6.45, 7) is 9.07. The molecule has 22 heavy (non-hydrogen) atoms. The number of aromatic nitrogens is 1. The summed E-state index contributed by atoms with van der Waals surface area (Å²) in [6, 6.07) is 7.26. The number of benzene rings is 1. The van der Waals surface area contributed by atoms with Gasteiger partial charge in [-0.05, 0) is 36.8 Å². The van der Waals surface area contributed by atoms with Crippen molar-refractivity contribution in [3.8, 4) is 17.6 Å². The second-order valence-corrected chi connectivity index (χ2v) is 4.83. The molecule has 1 aromatic carbocycles. The van der Waals surface area contributed by atoms with E-state index < -0.39 is 0 Å². The third-order valence-corrected chi connectivity index (χ3v) is 3.09. The highest BCUT2D eigenvalue weighted by atomic mass is 35.5. The summed E-state index contributed by atoms with van der Waals surface area (Å²) in [7, 11) is 1.57. The van der Waals surface area contributed by atoms with E-state index in [1.807, 2.05) is 25.1 Å². The van der Waals surface area contributed by atoms with Crippen LogP contribution < -0.4 is 4.74 Å². The number of halogens is 1. The molecule has 0 radical (unpaired) electrons. The molecule has 0 N–H and O–H groups in total. The molecule has 1 heterocycles. The monoisotopic (exact) mass is 312 g/mol. The SMILES string of the molecule is [C-]#[N+]c1ncc(C#Cc2ccc(OCOC)cc2C)cc1Cl. The van der Waals surface area contributed by atoms with E-state index in [4.69, 9.17) is 27.6 Å². The van der Waals surface area contributed by atoms with Crippen LogP contribution in [0.4, 0.5) is 5.82 Å². The van der Waals surface area contributed by atoms with Crippen molar-refractivity contribution in [1.82, 2.24) is 4.98 Å². The lowest BCUT2D eigenvalue weighted by Gasteiger charge is -2.06. The minimum atomic E-state index is 0.183. The summed E-state index contributed by atoms with van der Waals surface area (Å²) in [6.07, 6.45) is 1.54. The topological polar surface area (TPSA) is 35.7 Å². The number of aryl methyl sites for hydroxylation is 1. The second kappa shape index (κ2) is 7.47. The molecule has 2 aromatic rings. The largest absolute Gasteiger partial charge is 0.468 e. The highest BCUT2D eigenvalue weighted by Crippen LogP contribution is 2.22. The van der Waals surface area contributed by atoms with Gasteiger partial charge in [0.15, 0.2) is 6.79 Å². The standard InChI is InChI=1S/C17H13ClN2O2/c1-12-8-15(22-11-21-3)7-6-14(12)5-4-13-9-16(18)17(19-2)20-10-13/h6-10H,11H2,1,3H3. The van der Waals surface area contributed by atoms with Crippen molar-refractivity contribution in [1.29, 1.82) is 0 Å². The van der Waals surface area contributed by atoms with Gasteiger partial charge in [0.2, 0.25) is 0 Å². The van der Waals surface area contributed by atoms with Gasteiger partial charge in [0.1, 0.15) is 11.9 Å². The summed E-state index contributed by atoms with van der Waals surface area (Å²) >= 11 is 5.94. The number of pyridine rings is 1. The van der Waals surface area contributed by atoms with Crippen molar-refractivity contribution in [3.63, 3.8) is 0 Å². The average molecular weight is 313 g/mol. The lowest BCUT2D eigenvalue weighted by molar-refractivity contribution is 0.0511. The zero-order valence-electron chi connectivity index (χ0n) is 12.2. The van der Waals surface area contributed by atoms with Crippen molar-refractivity contribution >= 4 is 17.4 Å². The molecule has 110 valence electrons. The van der Waals surface area contributed by atoms with E-state index in [1.165, 1.54) is 6.20 Å². The van der Waals surface area contributed by atoms with Gasteiger partial charge in [0.25, 0.3) is 5.82 Å². The van der Waals surface area contributed by atoms with Crippen LogP contribution in [-0.2, 0) is 4.74 Å². The summed E-state index contributed by atoms with van der Waals surface area (Å²) in [5.41, 5.74) is 2.55. The minimum absolute atomic E-state index is 0.183. The Bertz CT molecular complexity index is 785. The van der Waals surface area contributed by atoms with Gasteiger partial charge in [-0.15, -0.1) is 4.98 Å². The van der Waals surface area contributed by atoms with Crippen molar-refractivity contribution in [3.05, 3.63) is 63.6 Å². The Morgan fingerprint density at radius 2 is 2.14 bits per heavy atom. The third-order valence-electron chi connectivity index (χ3n) is 2.81. The molecule has 2 rings (SSSR count). The molecule has 0 saturated heterocycles. The van der Waals surface area contributed by atoms with Gasteiger partial charge in [-0.1, -0.05) is 30.0 Å². The lowest BCUT2D eigenvalue weighted by atomic mass is 10.1. The fourth-order valence-corrected chi connectivity index (χ4v) is 1.92. The number of hydrogen-bond donors (Lipinski definition) is 0. The predicted octanol–water partition coefficient (Wildman–Crippen LogP) is 3.98. The highest BCUT2D eigenvalue weighted by Gasteiger charge is 2.03. The van der Waals surface area contributed by atoms with Gasteiger partial charge in [-0.25, -0.2) is 0 Å².